The number of nitrogens with one attached hydrogen (secondary N) is 1. The van der Waals surface area contributed by atoms with Crippen LogP contribution in [0, 0.1) is 0 Å². The lowest BCUT2D eigenvalue weighted by atomic mass is 10.1. The van der Waals surface area contributed by atoms with Crippen molar-refractivity contribution < 1.29 is 4.74 Å². The average molecular weight is 262 g/mol. The minimum Gasteiger partial charge on any atom is -0.380 e. The van der Waals surface area contributed by atoms with Crippen LogP contribution in [-0.4, -0.2) is 32.3 Å². The van der Waals surface area contributed by atoms with Gasteiger partial charge < -0.3 is 15.0 Å². The van der Waals surface area contributed by atoms with Crippen molar-refractivity contribution >= 4 is 5.69 Å². The summed E-state index contributed by atoms with van der Waals surface area (Å²) in [4.78, 5) is 2.37. The third-order valence-corrected chi connectivity index (χ3v) is 3.82. The molecule has 1 atom stereocenters. The lowest BCUT2D eigenvalue weighted by Gasteiger charge is -2.24. The molecule has 19 heavy (non-hydrogen) atoms. The number of benzene rings is 1. The predicted octanol–water partition coefficient (Wildman–Crippen LogP) is 2.80. The quantitative estimate of drug-likeness (QED) is 0.853. The number of hydrogen-bond donors (Lipinski definition) is 1. The van der Waals surface area contributed by atoms with Gasteiger partial charge >= 0.3 is 0 Å². The molecule has 0 radical (unpaired) electrons. The van der Waals surface area contributed by atoms with Gasteiger partial charge in [0, 0.05) is 38.0 Å². The molecule has 0 aromatic heterocycles. The van der Waals surface area contributed by atoms with Crippen LogP contribution in [0.4, 0.5) is 5.69 Å². The van der Waals surface area contributed by atoms with Gasteiger partial charge in [0.15, 0.2) is 0 Å². The average Bonchev–Trinajstić information content (AvgIpc) is 2.49. The Labute approximate surface area is 116 Å². The number of ether oxygens (including phenoxy) is 1. The highest BCUT2D eigenvalue weighted by molar-refractivity contribution is 5.47. The molecule has 1 N–H and O–H groups in total. The molecule has 0 bridgehead atoms. The largest absolute Gasteiger partial charge is 0.380 e. The van der Waals surface area contributed by atoms with Gasteiger partial charge in [0.1, 0.15) is 0 Å². The summed E-state index contributed by atoms with van der Waals surface area (Å²) in [7, 11) is 0. The first-order chi connectivity index (χ1) is 9.33. The van der Waals surface area contributed by atoms with E-state index in [0.717, 1.165) is 32.8 Å². The van der Waals surface area contributed by atoms with Crippen molar-refractivity contribution in [3.05, 3.63) is 29.8 Å². The van der Waals surface area contributed by atoms with Gasteiger partial charge in [0.05, 0.1) is 6.61 Å². The Kier molecular flexibility index (Phi) is 5.67. The van der Waals surface area contributed by atoms with Gasteiger partial charge in [-0.25, -0.2) is 0 Å². The summed E-state index contributed by atoms with van der Waals surface area (Å²) in [6.45, 7) is 9.24. The van der Waals surface area contributed by atoms with E-state index in [0.29, 0.717) is 6.04 Å². The van der Waals surface area contributed by atoms with Crippen molar-refractivity contribution in [3.8, 4) is 0 Å². The van der Waals surface area contributed by atoms with Crippen LogP contribution in [0.2, 0.25) is 0 Å². The minimum atomic E-state index is 0.524. The van der Waals surface area contributed by atoms with E-state index in [-0.39, 0.29) is 0 Å². The topological polar surface area (TPSA) is 24.5 Å². The number of anilines is 1. The molecule has 2 rings (SSSR count). The second-order valence-electron chi connectivity index (χ2n) is 5.13. The Bertz CT molecular complexity index is 354. The standard InChI is InChI=1S/C16H26N2O/c1-3-18(4-2)16-9-7-14(8-10-16)12-17-15-6-5-11-19-13-15/h7-10,15,17H,3-6,11-13H2,1-2H3. The summed E-state index contributed by atoms with van der Waals surface area (Å²) in [5.41, 5.74) is 2.66. The molecule has 1 aromatic rings. The van der Waals surface area contributed by atoms with Crippen molar-refractivity contribution in [2.75, 3.05) is 31.2 Å². The predicted molar refractivity (Wildman–Crippen MR) is 80.7 cm³/mol. The summed E-state index contributed by atoms with van der Waals surface area (Å²) >= 11 is 0. The minimum absolute atomic E-state index is 0.524. The highest BCUT2D eigenvalue weighted by Crippen LogP contribution is 2.15. The maximum Gasteiger partial charge on any atom is 0.0619 e. The van der Waals surface area contributed by atoms with Gasteiger partial charge in [-0.1, -0.05) is 12.1 Å². The van der Waals surface area contributed by atoms with Crippen LogP contribution in [0.25, 0.3) is 0 Å². The van der Waals surface area contributed by atoms with E-state index in [1.807, 2.05) is 0 Å². The van der Waals surface area contributed by atoms with Crippen LogP contribution in [0.1, 0.15) is 32.3 Å². The number of rotatable bonds is 6. The molecule has 1 unspecified atom stereocenters. The van der Waals surface area contributed by atoms with Crippen LogP contribution in [0.15, 0.2) is 24.3 Å². The van der Waals surface area contributed by atoms with Crippen molar-refractivity contribution in [1.29, 1.82) is 0 Å². The van der Waals surface area contributed by atoms with E-state index in [4.69, 9.17) is 4.74 Å². The highest BCUT2D eigenvalue weighted by atomic mass is 16.5. The Balaban J connectivity index is 1.84. The van der Waals surface area contributed by atoms with Gasteiger partial charge in [0.25, 0.3) is 0 Å². The molecular formula is C16H26N2O. The van der Waals surface area contributed by atoms with Crippen LogP contribution in [0.5, 0.6) is 0 Å². The van der Waals surface area contributed by atoms with Gasteiger partial charge in [-0.05, 0) is 44.4 Å². The molecular weight excluding hydrogens is 236 g/mol. The monoisotopic (exact) mass is 262 g/mol. The molecule has 1 saturated heterocycles. The molecule has 0 saturated carbocycles. The van der Waals surface area contributed by atoms with Crippen molar-refractivity contribution in [3.63, 3.8) is 0 Å². The maximum atomic E-state index is 5.48. The first kappa shape index (κ1) is 14.4. The summed E-state index contributed by atoms with van der Waals surface area (Å²) < 4.78 is 5.48. The molecule has 1 heterocycles. The highest BCUT2D eigenvalue weighted by Gasteiger charge is 2.12. The second-order valence-corrected chi connectivity index (χ2v) is 5.13. The zero-order valence-corrected chi connectivity index (χ0v) is 12.2. The Morgan fingerprint density at radius 2 is 1.95 bits per heavy atom. The normalized spacial score (nSPS) is 19.4. The van der Waals surface area contributed by atoms with Gasteiger partial charge in [-0.3, -0.25) is 0 Å². The molecule has 106 valence electrons. The molecule has 1 aliphatic heterocycles. The molecule has 3 nitrogen and oxygen atoms in total. The van der Waals surface area contributed by atoms with Crippen LogP contribution < -0.4 is 10.2 Å². The first-order valence-electron chi connectivity index (χ1n) is 7.48. The Morgan fingerprint density at radius 1 is 1.21 bits per heavy atom. The van der Waals surface area contributed by atoms with Gasteiger partial charge in [-0.2, -0.15) is 0 Å². The smallest absolute Gasteiger partial charge is 0.0619 e. The van der Waals surface area contributed by atoms with E-state index < -0.39 is 0 Å². The Hall–Kier alpha value is -1.06. The van der Waals surface area contributed by atoms with Gasteiger partial charge in [-0.15, -0.1) is 0 Å². The molecule has 0 aliphatic carbocycles. The fourth-order valence-corrected chi connectivity index (χ4v) is 2.58. The lowest BCUT2D eigenvalue weighted by Crippen LogP contribution is -2.36. The number of hydrogen-bond acceptors (Lipinski definition) is 3. The van der Waals surface area contributed by atoms with E-state index in [1.54, 1.807) is 0 Å². The fourth-order valence-electron chi connectivity index (χ4n) is 2.58. The molecule has 0 amide bonds. The zero-order valence-electron chi connectivity index (χ0n) is 12.2. The molecule has 0 spiro atoms. The summed E-state index contributed by atoms with van der Waals surface area (Å²) in [5.74, 6) is 0. The van der Waals surface area contributed by atoms with Crippen LogP contribution in [0.3, 0.4) is 0 Å². The maximum absolute atomic E-state index is 5.48. The summed E-state index contributed by atoms with van der Waals surface area (Å²) in [5, 5.41) is 3.58. The first-order valence-corrected chi connectivity index (χ1v) is 7.48. The van der Waals surface area contributed by atoms with Crippen LogP contribution in [-0.2, 0) is 11.3 Å². The molecule has 1 fully saturated rings. The van der Waals surface area contributed by atoms with Crippen molar-refractivity contribution in [2.24, 2.45) is 0 Å². The molecule has 1 aliphatic rings. The van der Waals surface area contributed by atoms with Crippen LogP contribution >= 0.6 is 0 Å². The van der Waals surface area contributed by atoms with Crippen molar-refractivity contribution in [1.82, 2.24) is 5.32 Å². The van der Waals surface area contributed by atoms with E-state index >= 15 is 0 Å². The van der Waals surface area contributed by atoms with Gasteiger partial charge in [0.2, 0.25) is 0 Å². The number of nitrogens with zero attached hydrogens (tertiary/aromatic N) is 1. The van der Waals surface area contributed by atoms with Crippen molar-refractivity contribution in [2.45, 2.75) is 39.3 Å². The summed E-state index contributed by atoms with van der Waals surface area (Å²) in [6, 6.07) is 9.42. The lowest BCUT2D eigenvalue weighted by molar-refractivity contribution is 0.0699. The summed E-state index contributed by atoms with van der Waals surface area (Å²) in [6.07, 6.45) is 2.41. The SMILES string of the molecule is CCN(CC)c1ccc(CNC2CCCOC2)cc1. The third-order valence-electron chi connectivity index (χ3n) is 3.82. The van der Waals surface area contributed by atoms with E-state index in [2.05, 4.69) is 48.3 Å². The third kappa shape index (κ3) is 4.22. The Morgan fingerprint density at radius 3 is 2.53 bits per heavy atom. The fraction of sp³-hybridized carbons (Fsp3) is 0.625. The van der Waals surface area contributed by atoms with E-state index in [9.17, 15) is 0 Å². The molecule has 1 aromatic carbocycles. The second kappa shape index (κ2) is 7.51. The van der Waals surface area contributed by atoms with E-state index in [1.165, 1.54) is 24.1 Å². The zero-order chi connectivity index (χ0) is 13.5. The molecule has 3 heteroatoms.